The molecule has 1 N–H and O–H groups in total. The zero-order valence-corrected chi connectivity index (χ0v) is 15.0. The second-order valence-electron chi connectivity index (χ2n) is 5.03. The smallest absolute Gasteiger partial charge is 0.175 e. The van der Waals surface area contributed by atoms with E-state index in [1.165, 1.54) is 5.56 Å². The highest BCUT2D eigenvalue weighted by Gasteiger charge is 2.13. The van der Waals surface area contributed by atoms with E-state index in [-0.39, 0.29) is 6.10 Å². The molecule has 120 valence electrons. The molecular formula is C16H26BrNO3. The summed E-state index contributed by atoms with van der Waals surface area (Å²) in [6.07, 6.45) is 1.11. The van der Waals surface area contributed by atoms with Crippen molar-refractivity contribution in [1.82, 2.24) is 5.32 Å². The van der Waals surface area contributed by atoms with E-state index in [1.807, 2.05) is 26.8 Å². The lowest BCUT2D eigenvalue weighted by atomic mass is 10.2. The summed E-state index contributed by atoms with van der Waals surface area (Å²) < 4.78 is 17.5. The van der Waals surface area contributed by atoms with Crippen molar-refractivity contribution in [1.29, 1.82) is 0 Å². The molecule has 0 atom stereocenters. The van der Waals surface area contributed by atoms with E-state index in [2.05, 4.69) is 27.3 Å². The second-order valence-corrected chi connectivity index (χ2v) is 5.88. The van der Waals surface area contributed by atoms with Crippen LogP contribution >= 0.6 is 15.9 Å². The van der Waals surface area contributed by atoms with Gasteiger partial charge in [-0.3, -0.25) is 0 Å². The Kier molecular flexibility index (Phi) is 8.73. The van der Waals surface area contributed by atoms with Crippen molar-refractivity contribution in [2.75, 3.05) is 26.9 Å². The molecule has 0 unspecified atom stereocenters. The van der Waals surface area contributed by atoms with Crippen LogP contribution in [0.1, 0.15) is 32.8 Å². The Hall–Kier alpha value is -0.780. The van der Waals surface area contributed by atoms with E-state index in [0.717, 1.165) is 42.1 Å². The summed E-state index contributed by atoms with van der Waals surface area (Å²) in [5.41, 5.74) is 1.17. The van der Waals surface area contributed by atoms with Gasteiger partial charge in [0.15, 0.2) is 11.5 Å². The molecule has 0 heterocycles. The fraction of sp³-hybridized carbons (Fsp3) is 0.625. The fourth-order valence-corrected chi connectivity index (χ4v) is 2.49. The van der Waals surface area contributed by atoms with Crippen LogP contribution in [0.5, 0.6) is 11.5 Å². The first kappa shape index (κ1) is 18.3. The fourth-order valence-electron chi connectivity index (χ4n) is 1.91. The molecule has 0 saturated carbocycles. The molecule has 0 saturated heterocycles. The van der Waals surface area contributed by atoms with Gasteiger partial charge < -0.3 is 19.5 Å². The average Bonchev–Trinajstić information content (AvgIpc) is 2.42. The maximum Gasteiger partial charge on any atom is 0.175 e. The highest BCUT2D eigenvalue weighted by Crippen LogP contribution is 2.37. The monoisotopic (exact) mass is 359 g/mol. The Bertz CT molecular complexity index is 424. The van der Waals surface area contributed by atoms with Crippen LogP contribution in [0.25, 0.3) is 0 Å². The molecule has 0 fully saturated rings. The summed E-state index contributed by atoms with van der Waals surface area (Å²) in [5.74, 6) is 1.56. The second kappa shape index (κ2) is 10.0. The molecule has 0 aliphatic carbocycles. The predicted octanol–water partition coefficient (Wildman–Crippen LogP) is 3.76. The third kappa shape index (κ3) is 6.68. The zero-order valence-electron chi connectivity index (χ0n) is 13.4. The van der Waals surface area contributed by atoms with Crippen LogP contribution in [-0.4, -0.2) is 33.0 Å². The quantitative estimate of drug-likeness (QED) is 0.645. The molecule has 5 heteroatoms. The van der Waals surface area contributed by atoms with Gasteiger partial charge in [0.25, 0.3) is 0 Å². The molecule has 0 radical (unpaired) electrons. The van der Waals surface area contributed by atoms with E-state index in [9.17, 15) is 0 Å². The maximum absolute atomic E-state index is 5.83. The van der Waals surface area contributed by atoms with Gasteiger partial charge in [-0.15, -0.1) is 0 Å². The molecule has 4 nitrogen and oxygen atoms in total. The SMILES string of the molecule is CCOc1cc(CNCCCOC)cc(Br)c1OC(C)C. The molecule has 0 aliphatic rings. The molecule has 0 bridgehead atoms. The molecule has 21 heavy (non-hydrogen) atoms. The summed E-state index contributed by atoms with van der Waals surface area (Å²) in [4.78, 5) is 0. The van der Waals surface area contributed by atoms with Crippen molar-refractivity contribution in [2.24, 2.45) is 0 Å². The largest absolute Gasteiger partial charge is 0.490 e. The topological polar surface area (TPSA) is 39.7 Å². The molecule has 0 aliphatic heterocycles. The Labute approximate surface area is 136 Å². The molecule has 1 rings (SSSR count). The zero-order chi connectivity index (χ0) is 15.7. The molecular weight excluding hydrogens is 334 g/mol. The summed E-state index contributed by atoms with van der Waals surface area (Å²) in [6.45, 7) is 9.11. The first-order chi connectivity index (χ1) is 10.1. The van der Waals surface area contributed by atoms with Crippen LogP contribution in [0.3, 0.4) is 0 Å². The van der Waals surface area contributed by atoms with Gasteiger partial charge in [0.2, 0.25) is 0 Å². The minimum atomic E-state index is 0.110. The van der Waals surface area contributed by atoms with E-state index < -0.39 is 0 Å². The summed E-state index contributed by atoms with van der Waals surface area (Å²) in [6, 6.07) is 4.11. The highest BCUT2D eigenvalue weighted by atomic mass is 79.9. The normalized spacial score (nSPS) is 11.0. The number of halogens is 1. The molecule has 0 amide bonds. The van der Waals surface area contributed by atoms with Gasteiger partial charge in [0.1, 0.15) is 0 Å². The number of methoxy groups -OCH3 is 1. The Morgan fingerprint density at radius 2 is 2.05 bits per heavy atom. The van der Waals surface area contributed by atoms with Gasteiger partial charge in [-0.2, -0.15) is 0 Å². The van der Waals surface area contributed by atoms with E-state index in [1.54, 1.807) is 7.11 Å². The van der Waals surface area contributed by atoms with Crippen molar-refractivity contribution in [2.45, 2.75) is 39.8 Å². The number of hydrogen-bond donors (Lipinski definition) is 1. The maximum atomic E-state index is 5.83. The molecule has 1 aromatic rings. The van der Waals surface area contributed by atoms with Crippen LogP contribution in [0.4, 0.5) is 0 Å². The van der Waals surface area contributed by atoms with Gasteiger partial charge in [0.05, 0.1) is 17.2 Å². The Morgan fingerprint density at radius 3 is 2.67 bits per heavy atom. The van der Waals surface area contributed by atoms with Gasteiger partial charge in [-0.25, -0.2) is 0 Å². The van der Waals surface area contributed by atoms with Crippen LogP contribution in [0.2, 0.25) is 0 Å². The number of benzene rings is 1. The summed E-state index contributed by atoms with van der Waals surface area (Å²) in [5, 5.41) is 3.40. The standard InChI is InChI=1S/C16H26BrNO3/c1-5-20-15-10-13(11-18-7-6-8-19-4)9-14(17)16(15)21-12(2)3/h9-10,12,18H,5-8,11H2,1-4H3. The lowest BCUT2D eigenvalue weighted by molar-refractivity contribution is 0.194. The Balaban J connectivity index is 2.73. The van der Waals surface area contributed by atoms with E-state index in [4.69, 9.17) is 14.2 Å². The van der Waals surface area contributed by atoms with Crippen molar-refractivity contribution in [3.05, 3.63) is 22.2 Å². The first-order valence-electron chi connectivity index (χ1n) is 7.40. The van der Waals surface area contributed by atoms with Crippen LogP contribution in [0, 0.1) is 0 Å². The van der Waals surface area contributed by atoms with Crippen LogP contribution < -0.4 is 14.8 Å². The molecule has 1 aromatic carbocycles. The number of hydrogen-bond acceptors (Lipinski definition) is 4. The molecule has 0 aromatic heterocycles. The lowest BCUT2D eigenvalue weighted by Gasteiger charge is -2.17. The number of ether oxygens (including phenoxy) is 3. The van der Waals surface area contributed by atoms with Gasteiger partial charge in [-0.05, 0) is 67.4 Å². The average molecular weight is 360 g/mol. The van der Waals surface area contributed by atoms with E-state index >= 15 is 0 Å². The summed E-state index contributed by atoms with van der Waals surface area (Å²) >= 11 is 3.58. The third-order valence-electron chi connectivity index (χ3n) is 2.75. The Morgan fingerprint density at radius 1 is 1.29 bits per heavy atom. The number of nitrogens with one attached hydrogen (secondary N) is 1. The van der Waals surface area contributed by atoms with Crippen LogP contribution in [-0.2, 0) is 11.3 Å². The van der Waals surface area contributed by atoms with Crippen molar-refractivity contribution < 1.29 is 14.2 Å². The van der Waals surface area contributed by atoms with Gasteiger partial charge in [0, 0.05) is 20.3 Å². The highest BCUT2D eigenvalue weighted by molar-refractivity contribution is 9.10. The lowest BCUT2D eigenvalue weighted by Crippen LogP contribution is -2.16. The van der Waals surface area contributed by atoms with Gasteiger partial charge in [-0.1, -0.05) is 0 Å². The minimum Gasteiger partial charge on any atom is -0.490 e. The minimum absolute atomic E-state index is 0.110. The number of rotatable bonds is 10. The summed E-state index contributed by atoms with van der Waals surface area (Å²) in [7, 11) is 1.72. The molecule has 0 spiro atoms. The third-order valence-corrected chi connectivity index (χ3v) is 3.34. The predicted molar refractivity (Wildman–Crippen MR) is 89.3 cm³/mol. The van der Waals surface area contributed by atoms with Crippen molar-refractivity contribution in [3.8, 4) is 11.5 Å². The van der Waals surface area contributed by atoms with E-state index in [0.29, 0.717) is 6.61 Å². The van der Waals surface area contributed by atoms with Crippen molar-refractivity contribution >= 4 is 15.9 Å². The first-order valence-corrected chi connectivity index (χ1v) is 8.19. The van der Waals surface area contributed by atoms with Gasteiger partial charge >= 0.3 is 0 Å². The van der Waals surface area contributed by atoms with Crippen LogP contribution in [0.15, 0.2) is 16.6 Å². The van der Waals surface area contributed by atoms with Crippen molar-refractivity contribution in [3.63, 3.8) is 0 Å².